The Kier molecular flexibility index (Phi) is 2.19. The quantitative estimate of drug-likeness (QED) is 0.597. The van der Waals surface area contributed by atoms with E-state index in [-0.39, 0.29) is 18.3 Å². The third-order valence-corrected chi connectivity index (χ3v) is 5.48. The summed E-state index contributed by atoms with van der Waals surface area (Å²) < 4.78 is 11.3. The van der Waals surface area contributed by atoms with Crippen molar-refractivity contribution in [2.45, 2.75) is 37.6 Å². The Morgan fingerprint density at radius 3 is 2.72 bits per heavy atom. The zero-order valence-electron chi connectivity index (χ0n) is 10.2. The summed E-state index contributed by atoms with van der Waals surface area (Å²) in [6.45, 7) is 3.20. The number of esters is 1. The number of carbonyl (C=O) groups is 1. The molecule has 0 radical (unpaired) electrons. The van der Waals surface area contributed by atoms with Gasteiger partial charge in [0.2, 0.25) is 0 Å². The number of hydrogen-bond donors (Lipinski definition) is 1. The van der Waals surface area contributed by atoms with Gasteiger partial charge < -0.3 is 14.6 Å². The van der Waals surface area contributed by atoms with Gasteiger partial charge >= 0.3 is 5.97 Å². The SMILES string of the molecule is C=C(CO)C(=O)OC1CC2CC1C1C3CC(O3)C21. The first-order valence-corrected chi connectivity index (χ1v) is 6.84. The largest absolute Gasteiger partial charge is 0.459 e. The summed E-state index contributed by atoms with van der Waals surface area (Å²) in [6, 6.07) is 0. The fourth-order valence-corrected chi connectivity index (χ4v) is 4.82. The third kappa shape index (κ3) is 1.25. The molecule has 4 bridgehead atoms. The van der Waals surface area contributed by atoms with E-state index in [1.165, 1.54) is 12.8 Å². The van der Waals surface area contributed by atoms with Crippen molar-refractivity contribution in [3.63, 3.8) is 0 Å². The van der Waals surface area contributed by atoms with Gasteiger partial charge in [-0.2, -0.15) is 0 Å². The standard InChI is InChI=1S/C14H18O4/c1-6(5-15)14(16)18-9-3-7-2-8(9)13-11-4-10(17-11)12(7)13/h7-13,15H,1-5H2. The van der Waals surface area contributed by atoms with Crippen LogP contribution < -0.4 is 0 Å². The Labute approximate surface area is 106 Å². The van der Waals surface area contributed by atoms with Crippen LogP contribution in [0.25, 0.3) is 0 Å². The molecule has 3 aliphatic carbocycles. The second-order valence-corrected chi connectivity index (χ2v) is 6.20. The Bertz CT molecular complexity index is 412. The fraction of sp³-hybridized carbons (Fsp3) is 0.786. The molecule has 0 aromatic rings. The molecule has 5 aliphatic rings. The maximum atomic E-state index is 11.7. The number of fused-ring (bicyclic) bond motifs is 2. The van der Waals surface area contributed by atoms with Gasteiger partial charge in [0.1, 0.15) is 6.10 Å². The van der Waals surface area contributed by atoms with Gasteiger partial charge in [0.25, 0.3) is 0 Å². The topological polar surface area (TPSA) is 55.8 Å². The molecule has 2 heterocycles. The minimum absolute atomic E-state index is 0.0231. The normalized spacial score (nSPS) is 50.8. The Morgan fingerprint density at radius 2 is 2.00 bits per heavy atom. The Morgan fingerprint density at radius 1 is 1.28 bits per heavy atom. The molecule has 2 saturated heterocycles. The molecule has 0 spiro atoms. The van der Waals surface area contributed by atoms with E-state index < -0.39 is 5.97 Å². The lowest BCUT2D eigenvalue weighted by atomic mass is 9.80. The molecule has 3 saturated carbocycles. The molecule has 18 heavy (non-hydrogen) atoms. The molecular weight excluding hydrogens is 232 g/mol. The predicted octanol–water partition coefficient (Wildman–Crippen LogP) is 0.890. The zero-order chi connectivity index (χ0) is 12.4. The van der Waals surface area contributed by atoms with Crippen LogP contribution in [-0.4, -0.2) is 36.0 Å². The van der Waals surface area contributed by atoms with Gasteiger partial charge in [0, 0.05) is 12.3 Å². The molecule has 98 valence electrons. The average molecular weight is 250 g/mol. The molecule has 0 amide bonds. The van der Waals surface area contributed by atoms with Crippen LogP contribution in [0.3, 0.4) is 0 Å². The van der Waals surface area contributed by atoms with Crippen LogP contribution in [-0.2, 0) is 14.3 Å². The van der Waals surface area contributed by atoms with Gasteiger partial charge in [0.15, 0.2) is 0 Å². The molecule has 5 rings (SSSR count). The average Bonchev–Trinajstić information content (AvgIpc) is 2.99. The van der Waals surface area contributed by atoms with Crippen LogP contribution in [0.4, 0.5) is 0 Å². The summed E-state index contributed by atoms with van der Waals surface area (Å²) in [5.74, 6) is 2.08. The van der Waals surface area contributed by atoms with E-state index >= 15 is 0 Å². The highest BCUT2D eigenvalue weighted by molar-refractivity contribution is 5.88. The second kappa shape index (κ2) is 3.58. The van der Waals surface area contributed by atoms with Crippen molar-refractivity contribution in [1.29, 1.82) is 0 Å². The van der Waals surface area contributed by atoms with Crippen LogP contribution in [0.5, 0.6) is 0 Å². The third-order valence-electron chi connectivity index (χ3n) is 5.48. The summed E-state index contributed by atoms with van der Waals surface area (Å²) in [6.07, 6.45) is 4.33. The highest BCUT2D eigenvalue weighted by Crippen LogP contribution is 2.65. The summed E-state index contributed by atoms with van der Waals surface area (Å²) in [5.41, 5.74) is 0.154. The molecule has 0 aromatic heterocycles. The maximum absolute atomic E-state index is 11.7. The number of ether oxygens (including phenoxy) is 2. The summed E-state index contributed by atoms with van der Waals surface area (Å²) >= 11 is 0. The lowest BCUT2D eigenvalue weighted by molar-refractivity contribution is -0.149. The highest BCUT2D eigenvalue weighted by Gasteiger charge is 2.67. The van der Waals surface area contributed by atoms with Crippen molar-refractivity contribution in [3.8, 4) is 0 Å². The van der Waals surface area contributed by atoms with Gasteiger partial charge in [0.05, 0.1) is 24.4 Å². The van der Waals surface area contributed by atoms with Gasteiger partial charge in [-0.05, 0) is 30.6 Å². The molecule has 7 unspecified atom stereocenters. The van der Waals surface area contributed by atoms with Crippen LogP contribution in [0.1, 0.15) is 19.3 Å². The van der Waals surface area contributed by atoms with Crippen molar-refractivity contribution in [2.24, 2.45) is 23.7 Å². The van der Waals surface area contributed by atoms with Gasteiger partial charge in [-0.15, -0.1) is 0 Å². The fourth-order valence-electron chi connectivity index (χ4n) is 4.82. The van der Waals surface area contributed by atoms with Crippen molar-refractivity contribution in [2.75, 3.05) is 6.61 Å². The van der Waals surface area contributed by atoms with Crippen LogP contribution in [0.15, 0.2) is 12.2 Å². The van der Waals surface area contributed by atoms with Crippen molar-refractivity contribution < 1.29 is 19.4 Å². The van der Waals surface area contributed by atoms with Crippen molar-refractivity contribution in [3.05, 3.63) is 12.2 Å². The molecule has 1 N–H and O–H groups in total. The number of aliphatic hydroxyl groups is 1. The molecular formula is C14H18O4. The molecule has 7 atom stereocenters. The van der Waals surface area contributed by atoms with Crippen molar-refractivity contribution >= 4 is 5.97 Å². The minimum Gasteiger partial charge on any atom is -0.459 e. The van der Waals surface area contributed by atoms with E-state index in [0.29, 0.717) is 30.0 Å². The van der Waals surface area contributed by atoms with E-state index in [1.54, 1.807) is 0 Å². The van der Waals surface area contributed by atoms with E-state index in [9.17, 15) is 4.79 Å². The molecule has 0 aromatic carbocycles. The number of rotatable bonds is 3. The summed E-state index contributed by atoms with van der Waals surface area (Å²) in [5, 5.41) is 8.89. The van der Waals surface area contributed by atoms with E-state index in [1.807, 2.05) is 0 Å². The van der Waals surface area contributed by atoms with Crippen molar-refractivity contribution in [1.82, 2.24) is 0 Å². The maximum Gasteiger partial charge on any atom is 0.336 e. The first-order valence-electron chi connectivity index (χ1n) is 6.84. The smallest absolute Gasteiger partial charge is 0.336 e. The summed E-state index contributed by atoms with van der Waals surface area (Å²) in [4.78, 5) is 11.7. The van der Waals surface area contributed by atoms with E-state index in [4.69, 9.17) is 14.6 Å². The number of carbonyl (C=O) groups excluding carboxylic acids is 1. The van der Waals surface area contributed by atoms with Crippen LogP contribution in [0, 0.1) is 23.7 Å². The second-order valence-electron chi connectivity index (χ2n) is 6.20. The monoisotopic (exact) mass is 250 g/mol. The Hall–Kier alpha value is -0.870. The zero-order valence-corrected chi connectivity index (χ0v) is 10.2. The Balaban J connectivity index is 1.47. The highest BCUT2D eigenvalue weighted by atomic mass is 16.5. The molecule has 5 fully saturated rings. The number of hydrogen-bond acceptors (Lipinski definition) is 4. The number of aliphatic hydroxyl groups excluding tert-OH is 1. The van der Waals surface area contributed by atoms with Gasteiger partial charge in [-0.1, -0.05) is 6.58 Å². The first-order chi connectivity index (χ1) is 8.69. The predicted molar refractivity (Wildman–Crippen MR) is 62.6 cm³/mol. The lowest BCUT2D eigenvalue weighted by Crippen LogP contribution is -2.35. The van der Waals surface area contributed by atoms with E-state index in [2.05, 4.69) is 6.58 Å². The summed E-state index contributed by atoms with van der Waals surface area (Å²) in [7, 11) is 0. The van der Waals surface area contributed by atoms with E-state index in [0.717, 1.165) is 12.3 Å². The van der Waals surface area contributed by atoms with Crippen LogP contribution >= 0.6 is 0 Å². The van der Waals surface area contributed by atoms with Gasteiger partial charge in [-0.3, -0.25) is 0 Å². The van der Waals surface area contributed by atoms with Crippen LogP contribution in [0.2, 0.25) is 0 Å². The molecule has 4 heteroatoms. The van der Waals surface area contributed by atoms with Gasteiger partial charge in [-0.25, -0.2) is 4.79 Å². The minimum atomic E-state index is -0.433. The first kappa shape index (κ1) is 11.0. The molecule has 2 aliphatic heterocycles. The molecule has 4 nitrogen and oxygen atoms in total. The lowest BCUT2D eigenvalue weighted by Gasteiger charge is -2.30.